The van der Waals surface area contributed by atoms with Crippen LogP contribution in [0.3, 0.4) is 0 Å². The van der Waals surface area contributed by atoms with Crippen molar-refractivity contribution in [2.45, 2.75) is 25.8 Å². The standard InChI is InChI=1S/C28H25N3O3S/c1-18-9-5-8-14-23(18)31-27(34)25(26(33)30(28(31)35)20-11-3-2-4-12-20)24(32)17-22-21-13-7-6-10-19(21)15-16-29-22/h2-14,22,29,34H,15-17H2,1H3/p+1/t22-/m0/s1. The molecule has 0 fully saturated rings. The zero-order chi connectivity index (χ0) is 24.5. The van der Waals surface area contributed by atoms with Crippen LogP contribution in [0, 0.1) is 11.7 Å². The number of fused-ring (bicyclic) bond motifs is 1. The number of aryl methyl sites for hydroxylation is 1. The summed E-state index contributed by atoms with van der Waals surface area (Å²) in [6, 6.07) is 24.3. The van der Waals surface area contributed by atoms with Gasteiger partial charge >= 0.3 is 0 Å². The molecule has 1 aromatic heterocycles. The molecule has 0 bridgehead atoms. The predicted octanol–water partition coefficient (Wildman–Crippen LogP) is 3.81. The first-order valence-electron chi connectivity index (χ1n) is 11.6. The Balaban J connectivity index is 1.70. The Hall–Kier alpha value is -3.81. The van der Waals surface area contributed by atoms with Crippen molar-refractivity contribution in [1.29, 1.82) is 0 Å². The summed E-state index contributed by atoms with van der Waals surface area (Å²) in [5.74, 6) is -0.831. The highest BCUT2D eigenvalue weighted by atomic mass is 32.1. The van der Waals surface area contributed by atoms with Crippen molar-refractivity contribution in [3.63, 3.8) is 0 Å². The molecule has 5 rings (SSSR count). The second kappa shape index (κ2) is 9.44. The Labute approximate surface area is 208 Å². The molecule has 3 aromatic carbocycles. The number of aromatic nitrogens is 2. The Kier molecular flexibility index (Phi) is 6.19. The van der Waals surface area contributed by atoms with Crippen LogP contribution in [0.4, 0.5) is 0 Å². The predicted molar refractivity (Wildman–Crippen MR) is 137 cm³/mol. The van der Waals surface area contributed by atoms with Gasteiger partial charge in [0.2, 0.25) is 5.88 Å². The van der Waals surface area contributed by atoms with E-state index in [-0.39, 0.29) is 22.8 Å². The first-order valence-corrected chi connectivity index (χ1v) is 12.0. The minimum absolute atomic E-state index is 0.0964. The van der Waals surface area contributed by atoms with Gasteiger partial charge < -0.3 is 10.4 Å². The second-order valence-corrected chi connectivity index (χ2v) is 9.15. The average molecular weight is 485 g/mol. The third-order valence-electron chi connectivity index (χ3n) is 6.61. The Morgan fingerprint density at radius 1 is 1.00 bits per heavy atom. The van der Waals surface area contributed by atoms with E-state index in [4.69, 9.17) is 12.2 Å². The number of benzene rings is 3. The number of rotatable bonds is 5. The van der Waals surface area contributed by atoms with E-state index in [0.717, 1.165) is 24.1 Å². The average Bonchev–Trinajstić information content (AvgIpc) is 2.86. The first kappa shape index (κ1) is 23.0. The summed E-state index contributed by atoms with van der Waals surface area (Å²) in [4.78, 5) is 27.4. The van der Waals surface area contributed by atoms with Crippen molar-refractivity contribution in [3.05, 3.63) is 116 Å². The van der Waals surface area contributed by atoms with E-state index in [1.165, 1.54) is 14.7 Å². The molecular weight excluding hydrogens is 458 g/mol. The monoisotopic (exact) mass is 484 g/mol. The van der Waals surface area contributed by atoms with Gasteiger partial charge in [-0.25, -0.2) is 0 Å². The van der Waals surface area contributed by atoms with Crippen molar-refractivity contribution in [2.75, 3.05) is 6.54 Å². The molecule has 7 heteroatoms. The molecule has 1 atom stereocenters. The molecule has 1 aliphatic heterocycles. The van der Waals surface area contributed by atoms with Crippen LogP contribution in [-0.2, 0) is 6.42 Å². The second-order valence-electron chi connectivity index (χ2n) is 8.79. The summed E-state index contributed by atoms with van der Waals surface area (Å²) in [6.07, 6.45) is 1.03. The molecule has 0 aliphatic carbocycles. The van der Waals surface area contributed by atoms with E-state index in [1.54, 1.807) is 24.3 Å². The highest BCUT2D eigenvalue weighted by molar-refractivity contribution is 7.71. The summed E-state index contributed by atoms with van der Waals surface area (Å²) in [5, 5.41) is 13.5. The molecule has 2 heterocycles. The summed E-state index contributed by atoms with van der Waals surface area (Å²) in [6.45, 7) is 2.76. The van der Waals surface area contributed by atoms with Crippen LogP contribution in [0.15, 0.2) is 83.7 Å². The number of Topliss-reactive ketones (excluding diaryl/α,β-unsaturated/α-hetero) is 1. The quantitative estimate of drug-likeness (QED) is 0.334. The smallest absolute Gasteiger partial charge is 0.273 e. The maximum absolute atomic E-state index is 13.7. The van der Waals surface area contributed by atoms with Gasteiger partial charge in [0.1, 0.15) is 11.6 Å². The third-order valence-corrected chi connectivity index (χ3v) is 6.97. The normalized spacial score (nSPS) is 14.9. The summed E-state index contributed by atoms with van der Waals surface area (Å²) in [7, 11) is 0. The molecule has 3 N–H and O–H groups in total. The van der Waals surface area contributed by atoms with E-state index in [1.807, 2.05) is 55.5 Å². The molecule has 0 saturated carbocycles. The van der Waals surface area contributed by atoms with Crippen molar-refractivity contribution in [3.8, 4) is 17.3 Å². The minimum Gasteiger partial charge on any atom is -0.493 e. The van der Waals surface area contributed by atoms with E-state index in [2.05, 4.69) is 11.4 Å². The van der Waals surface area contributed by atoms with Gasteiger partial charge in [-0.2, -0.15) is 0 Å². The lowest BCUT2D eigenvalue weighted by atomic mass is 9.90. The number of quaternary nitrogens is 1. The molecule has 0 radical (unpaired) electrons. The van der Waals surface area contributed by atoms with E-state index >= 15 is 0 Å². The maximum atomic E-state index is 13.7. The van der Waals surface area contributed by atoms with Gasteiger partial charge in [-0.1, -0.05) is 60.7 Å². The van der Waals surface area contributed by atoms with Crippen LogP contribution in [0.1, 0.15) is 39.5 Å². The van der Waals surface area contributed by atoms with Gasteiger partial charge in [-0.15, -0.1) is 0 Å². The van der Waals surface area contributed by atoms with Gasteiger partial charge in [0.15, 0.2) is 10.6 Å². The number of ketones is 1. The fourth-order valence-electron chi connectivity index (χ4n) is 4.86. The van der Waals surface area contributed by atoms with Crippen LogP contribution < -0.4 is 10.9 Å². The summed E-state index contributed by atoms with van der Waals surface area (Å²) >= 11 is 5.70. The molecule has 35 heavy (non-hydrogen) atoms. The minimum atomic E-state index is -0.613. The Bertz CT molecular complexity index is 1540. The number of nitrogens with zero attached hydrogens (tertiary/aromatic N) is 2. The van der Waals surface area contributed by atoms with E-state index in [0.29, 0.717) is 11.4 Å². The lowest BCUT2D eigenvalue weighted by molar-refractivity contribution is -0.697. The van der Waals surface area contributed by atoms with Crippen LogP contribution in [-0.4, -0.2) is 26.6 Å². The van der Waals surface area contributed by atoms with Crippen molar-refractivity contribution in [1.82, 2.24) is 9.13 Å². The van der Waals surface area contributed by atoms with E-state index in [9.17, 15) is 14.7 Å². The van der Waals surface area contributed by atoms with Crippen LogP contribution in [0.5, 0.6) is 5.88 Å². The van der Waals surface area contributed by atoms with Gasteiger partial charge in [0.25, 0.3) is 5.56 Å². The lowest BCUT2D eigenvalue weighted by Gasteiger charge is -2.24. The van der Waals surface area contributed by atoms with Gasteiger partial charge in [-0.3, -0.25) is 18.7 Å². The van der Waals surface area contributed by atoms with Gasteiger partial charge in [0, 0.05) is 12.0 Å². The van der Waals surface area contributed by atoms with Crippen LogP contribution in [0.2, 0.25) is 0 Å². The largest absolute Gasteiger partial charge is 0.493 e. The molecule has 0 spiro atoms. The zero-order valence-electron chi connectivity index (χ0n) is 19.3. The number of nitrogens with two attached hydrogens (primary N) is 1. The topological polar surface area (TPSA) is 80.8 Å². The van der Waals surface area contributed by atoms with Crippen LogP contribution >= 0.6 is 12.2 Å². The molecule has 6 nitrogen and oxygen atoms in total. The lowest BCUT2D eigenvalue weighted by Crippen LogP contribution is -2.87. The maximum Gasteiger partial charge on any atom is 0.273 e. The van der Waals surface area contributed by atoms with E-state index < -0.39 is 17.2 Å². The number of carbonyl (C=O) groups is 1. The number of carbonyl (C=O) groups excluding carboxylic acids is 1. The molecule has 0 amide bonds. The van der Waals surface area contributed by atoms with Crippen molar-refractivity contribution in [2.24, 2.45) is 0 Å². The Morgan fingerprint density at radius 2 is 1.69 bits per heavy atom. The van der Waals surface area contributed by atoms with Crippen molar-refractivity contribution >= 4 is 18.0 Å². The first-order chi connectivity index (χ1) is 17.0. The molecule has 0 saturated heterocycles. The number of hydrogen-bond donors (Lipinski definition) is 2. The van der Waals surface area contributed by atoms with Gasteiger partial charge in [-0.05, 0) is 48.5 Å². The number of hydrogen-bond acceptors (Lipinski definition) is 4. The van der Waals surface area contributed by atoms with Gasteiger partial charge in [0.05, 0.1) is 24.3 Å². The molecule has 0 unspecified atom stereocenters. The molecule has 176 valence electrons. The fraction of sp³-hybridized carbons (Fsp3) is 0.179. The molecular formula is C28H26N3O3S+. The molecule has 4 aromatic rings. The number of para-hydroxylation sites is 2. The fourth-order valence-corrected chi connectivity index (χ4v) is 5.24. The van der Waals surface area contributed by atoms with Crippen molar-refractivity contribution < 1.29 is 15.2 Å². The number of aromatic hydroxyl groups is 1. The summed E-state index contributed by atoms with van der Waals surface area (Å²) < 4.78 is 2.84. The summed E-state index contributed by atoms with van der Waals surface area (Å²) in [5.41, 5.74) is 3.46. The third kappa shape index (κ3) is 4.13. The van der Waals surface area contributed by atoms with Crippen LogP contribution in [0.25, 0.3) is 11.4 Å². The zero-order valence-corrected chi connectivity index (χ0v) is 20.2. The SMILES string of the molecule is Cc1ccccc1-n1c(O)c(C(=O)C[C@@H]2[NH2+]CCc3ccccc32)c(=O)n(-c2ccccc2)c1=S. The molecule has 1 aliphatic rings. The highest BCUT2D eigenvalue weighted by Crippen LogP contribution is 2.28. The highest BCUT2D eigenvalue weighted by Gasteiger charge is 2.30. The Morgan fingerprint density at radius 3 is 2.46 bits per heavy atom.